The zero-order valence-electron chi connectivity index (χ0n) is 16.5. The van der Waals surface area contributed by atoms with Gasteiger partial charge in [-0.3, -0.25) is 4.99 Å². The molecule has 0 radical (unpaired) electrons. The smallest absolute Gasteiger partial charge is 0.191 e. The number of hydrogen-bond acceptors (Lipinski definition) is 4. The number of nitrogens with zero attached hydrogens (tertiary/aromatic N) is 2. The molecule has 2 rings (SSSR count). The second-order valence-electron chi connectivity index (χ2n) is 7.13. The fraction of sp³-hybridized carbons (Fsp3) is 0.650. The number of rotatable bonds is 7. The third-order valence-corrected chi connectivity index (χ3v) is 4.91. The summed E-state index contributed by atoms with van der Waals surface area (Å²) in [6.45, 7) is 3.56. The number of benzene rings is 1. The second-order valence-corrected chi connectivity index (χ2v) is 7.13. The van der Waals surface area contributed by atoms with E-state index in [0.717, 1.165) is 43.9 Å². The molecule has 1 saturated carbocycles. The average molecular weight is 363 g/mol. The van der Waals surface area contributed by atoms with Crippen LogP contribution in [0.25, 0.3) is 0 Å². The number of guanidine groups is 1. The van der Waals surface area contributed by atoms with Gasteiger partial charge in [0.1, 0.15) is 5.75 Å². The van der Waals surface area contributed by atoms with E-state index < -0.39 is 0 Å². The molecule has 1 aromatic rings. The molecule has 3 N–H and O–H groups in total. The van der Waals surface area contributed by atoms with Gasteiger partial charge in [0.25, 0.3) is 0 Å². The van der Waals surface area contributed by atoms with Crippen LogP contribution < -0.4 is 15.4 Å². The number of ether oxygens (including phenoxy) is 1. The minimum absolute atomic E-state index is 0.140. The summed E-state index contributed by atoms with van der Waals surface area (Å²) in [6, 6.07) is 8.72. The highest BCUT2D eigenvalue weighted by atomic mass is 16.5. The second kappa shape index (κ2) is 10.4. The average Bonchev–Trinajstić information content (AvgIpc) is 2.63. The van der Waals surface area contributed by atoms with Crippen LogP contribution in [0.5, 0.6) is 5.75 Å². The normalized spacial score (nSPS) is 22.2. The lowest BCUT2D eigenvalue weighted by atomic mass is 9.93. The van der Waals surface area contributed by atoms with E-state index in [0.29, 0.717) is 12.6 Å². The van der Waals surface area contributed by atoms with Crippen molar-refractivity contribution in [1.82, 2.24) is 15.5 Å². The molecule has 1 unspecified atom stereocenters. The number of likely N-dealkylation sites (N-methyl/N-ethyl adjacent to an activating group) is 1. The molecule has 26 heavy (non-hydrogen) atoms. The van der Waals surface area contributed by atoms with Crippen molar-refractivity contribution in [3.8, 4) is 5.75 Å². The maximum Gasteiger partial charge on any atom is 0.191 e. The van der Waals surface area contributed by atoms with E-state index in [1.807, 2.05) is 12.1 Å². The molecule has 0 spiro atoms. The zero-order valence-corrected chi connectivity index (χ0v) is 16.5. The monoisotopic (exact) mass is 362 g/mol. The first-order valence-electron chi connectivity index (χ1n) is 9.56. The standard InChI is InChI=1S/C20H34N4O2/c1-5-21-20(23-16-9-11-17(25)12-10-16)22-14-19(24(2)3)15-7-6-8-18(13-15)26-4/h6-8,13,16-17,19,25H,5,9-12,14H2,1-4H3,(H2,21,22,23). The number of nitrogens with one attached hydrogen (secondary N) is 2. The number of aliphatic hydroxyl groups excluding tert-OH is 1. The molecule has 1 aliphatic rings. The third-order valence-electron chi connectivity index (χ3n) is 4.91. The number of aliphatic imine (C=N–C) groups is 1. The first-order valence-corrected chi connectivity index (χ1v) is 9.56. The highest BCUT2D eigenvalue weighted by Crippen LogP contribution is 2.23. The van der Waals surface area contributed by atoms with Gasteiger partial charge in [0.05, 0.1) is 25.8 Å². The van der Waals surface area contributed by atoms with E-state index in [4.69, 9.17) is 9.73 Å². The van der Waals surface area contributed by atoms with Gasteiger partial charge in [-0.05, 0) is 64.4 Å². The van der Waals surface area contributed by atoms with Crippen LogP contribution in [0.3, 0.4) is 0 Å². The predicted octanol–water partition coefficient (Wildman–Crippen LogP) is 2.16. The minimum atomic E-state index is -0.140. The van der Waals surface area contributed by atoms with Gasteiger partial charge in [-0.15, -0.1) is 0 Å². The fourth-order valence-corrected chi connectivity index (χ4v) is 3.33. The predicted molar refractivity (Wildman–Crippen MR) is 107 cm³/mol. The molecule has 1 fully saturated rings. The van der Waals surface area contributed by atoms with Crippen LogP contribution in [0.4, 0.5) is 0 Å². The maximum absolute atomic E-state index is 9.68. The van der Waals surface area contributed by atoms with E-state index in [9.17, 15) is 5.11 Å². The molecule has 0 amide bonds. The van der Waals surface area contributed by atoms with Crippen LogP contribution in [-0.2, 0) is 0 Å². The SMILES string of the molecule is CCNC(=NCC(c1cccc(OC)c1)N(C)C)NC1CCC(O)CC1. The lowest BCUT2D eigenvalue weighted by Gasteiger charge is -2.28. The molecule has 146 valence electrons. The molecule has 0 heterocycles. The molecule has 1 atom stereocenters. The Morgan fingerprint density at radius 2 is 2.04 bits per heavy atom. The molecule has 0 aromatic heterocycles. The summed E-state index contributed by atoms with van der Waals surface area (Å²) in [4.78, 5) is 7.01. The highest BCUT2D eigenvalue weighted by molar-refractivity contribution is 5.80. The first kappa shape index (κ1) is 20.5. The van der Waals surface area contributed by atoms with E-state index >= 15 is 0 Å². The summed E-state index contributed by atoms with van der Waals surface area (Å²) in [5, 5.41) is 16.6. The van der Waals surface area contributed by atoms with Gasteiger partial charge in [-0.25, -0.2) is 0 Å². The topological polar surface area (TPSA) is 69.1 Å². The molecule has 1 aliphatic carbocycles. The lowest BCUT2D eigenvalue weighted by molar-refractivity contribution is 0.120. The zero-order chi connectivity index (χ0) is 18.9. The van der Waals surface area contributed by atoms with Gasteiger partial charge in [0.15, 0.2) is 5.96 Å². The van der Waals surface area contributed by atoms with Gasteiger partial charge in [-0.2, -0.15) is 0 Å². The largest absolute Gasteiger partial charge is 0.497 e. The molecule has 6 nitrogen and oxygen atoms in total. The number of aliphatic hydroxyl groups is 1. The van der Waals surface area contributed by atoms with E-state index in [1.54, 1.807) is 7.11 Å². The quantitative estimate of drug-likeness (QED) is 0.512. The summed E-state index contributed by atoms with van der Waals surface area (Å²) in [5.41, 5.74) is 1.19. The van der Waals surface area contributed by atoms with E-state index in [-0.39, 0.29) is 12.1 Å². The van der Waals surface area contributed by atoms with Crippen LogP contribution in [0.2, 0.25) is 0 Å². The van der Waals surface area contributed by atoms with Crippen molar-refractivity contribution in [2.24, 2.45) is 4.99 Å². The van der Waals surface area contributed by atoms with Crippen LogP contribution in [0, 0.1) is 0 Å². The van der Waals surface area contributed by atoms with Crippen LogP contribution in [-0.4, -0.2) is 62.4 Å². The number of methoxy groups -OCH3 is 1. The van der Waals surface area contributed by atoms with Crippen molar-refractivity contribution in [3.05, 3.63) is 29.8 Å². The lowest BCUT2D eigenvalue weighted by Crippen LogP contribution is -2.45. The van der Waals surface area contributed by atoms with Crippen molar-refractivity contribution in [1.29, 1.82) is 0 Å². The maximum atomic E-state index is 9.68. The Hall–Kier alpha value is -1.79. The Bertz CT molecular complexity index is 569. The van der Waals surface area contributed by atoms with Crippen molar-refractivity contribution in [3.63, 3.8) is 0 Å². The van der Waals surface area contributed by atoms with Gasteiger partial charge in [-0.1, -0.05) is 12.1 Å². The third kappa shape index (κ3) is 6.18. The summed E-state index contributed by atoms with van der Waals surface area (Å²) < 4.78 is 5.36. The van der Waals surface area contributed by atoms with Gasteiger partial charge in [0.2, 0.25) is 0 Å². The Kier molecular flexibility index (Phi) is 8.19. The summed E-state index contributed by atoms with van der Waals surface area (Å²) >= 11 is 0. The van der Waals surface area contributed by atoms with E-state index in [1.165, 1.54) is 5.56 Å². The minimum Gasteiger partial charge on any atom is -0.497 e. The van der Waals surface area contributed by atoms with Crippen LogP contribution in [0.1, 0.15) is 44.2 Å². The highest BCUT2D eigenvalue weighted by Gasteiger charge is 2.20. The molecule has 1 aromatic carbocycles. The summed E-state index contributed by atoms with van der Waals surface area (Å²) in [5.74, 6) is 1.72. The Morgan fingerprint density at radius 3 is 2.65 bits per heavy atom. The molecule has 6 heteroatoms. The number of hydrogen-bond donors (Lipinski definition) is 3. The van der Waals surface area contributed by atoms with Crippen molar-refractivity contribution < 1.29 is 9.84 Å². The van der Waals surface area contributed by atoms with Crippen LogP contribution >= 0.6 is 0 Å². The van der Waals surface area contributed by atoms with Crippen molar-refractivity contribution >= 4 is 5.96 Å². The fourth-order valence-electron chi connectivity index (χ4n) is 3.33. The Morgan fingerprint density at radius 1 is 1.31 bits per heavy atom. The molecule has 0 aliphatic heterocycles. The van der Waals surface area contributed by atoms with Crippen molar-refractivity contribution in [2.75, 3.05) is 34.3 Å². The van der Waals surface area contributed by atoms with Crippen molar-refractivity contribution in [2.45, 2.75) is 50.8 Å². The van der Waals surface area contributed by atoms with Gasteiger partial charge >= 0.3 is 0 Å². The molecular weight excluding hydrogens is 328 g/mol. The van der Waals surface area contributed by atoms with Crippen LogP contribution in [0.15, 0.2) is 29.3 Å². The summed E-state index contributed by atoms with van der Waals surface area (Å²) in [7, 11) is 5.83. The Balaban J connectivity index is 2.06. The molecule has 0 bridgehead atoms. The van der Waals surface area contributed by atoms with Gasteiger partial charge < -0.3 is 25.4 Å². The van der Waals surface area contributed by atoms with E-state index in [2.05, 4.69) is 48.7 Å². The Labute approximate surface area is 157 Å². The summed E-state index contributed by atoms with van der Waals surface area (Å²) in [6.07, 6.45) is 3.55. The first-order chi connectivity index (χ1) is 12.5. The molecular formula is C20H34N4O2. The molecule has 0 saturated heterocycles. The van der Waals surface area contributed by atoms with Gasteiger partial charge in [0, 0.05) is 12.6 Å².